The largest absolute Gasteiger partial charge is 0.367 e. The highest BCUT2D eigenvalue weighted by Crippen LogP contribution is 2.47. The van der Waals surface area contributed by atoms with Crippen LogP contribution in [0.4, 0.5) is 17.1 Å². The van der Waals surface area contributed by atoms with Crippen molar-refractivity contribution in [1.29, 1.82) is 0 Å². The molecule has 1 heterocycles. The van der Waals surface area contributed by atoms with E-state index in [9.17, 15) is 14.9 Å². The molecule has 138 valence electrons. The van der Waals surface area contributed by atoms with E-state index in [-0.39, 0.29) is 22.6 Å². The summed E-state index contributed by atoms with van der Waals surface area (Å²) >= 11 is 0. The molecule has 0 aliphatic carbocycles. The Morgan fingerprint density at radius 2 is 1.92 bits per heavy atom. The van der Waals surface area contributed by atoms with Crippen LogP contribution < -0.4 is 10.2 Å². The summed E-state index contributed by atoms with van der Waals surface area (Å²) < 4.78 is 0. The van der Waals surface area contributed by atoms with E-state index < -0.39 is 5.41 Å². The van der Waals surface area contributed by atoms with Gasteiger partial charge < -0.3 is 10.2 Å². The lowest BCUT2D eigenvalue weighted by molar-refractivity contribution is -0.386. The van der Waals surface area contributed by atoms with E-state index in [0.717, 1.165) is 36.2 Å². The van der Waals surface area contributed by atoms with Crippen LogP contribution in [-0.4, -0.2) is 23.4 Å². The number of nitrogens with one attached hydrogen (secondary N) is 1. The molecule has 1 N–H and O–H groups in total. The maximum absolute atomic E-state index is 12.6. The molecule has 0 saturated heterocycles. The van der Waals surface area contributed by atoms with Gasteiger partial charge in [-0.3, -0.25) is 14.9 Å². The molecule has 6 nitrogen and oxygen atoms in total. The van der Waals surface area contributed by atoms with Crippen molar-refractivity contribution in [2.75, 3.05) is 16.8 Å². The number of nitro benzene ring substituents is 1. The molecule has 1 aliphatic rings. The molecule has 0 bridgehead atoms. The van der Waals surface area contributed by atoms with Crippen molar-refractivity contribution in [1.82, 2.24) is 0 Å². The molecule has 1 aliphatic heterocycles. The van der Waals surface area contributed by atoms with E-state index >= 15 is 0 Å². The molecule has 1 amide bonds. The van der Waals surface area contributed by atoms with Gasteiger partial charge in [0.1, 0.15) is 0 Å². The minimum Gasteiger partial charge on any atom is -0.367 e. The van der Waals surface area contributed by atoms with Crippen LogP contribution in [0.1, 0.15) is 57.7 Å². The second kappa shape index (κ2) is 6.65. The van der Waals surface area contributed by atoms with Crippen LogP contribution in [0.5, 0.6) is 0 Å². The molecule has 1 aromatic rings. The van der Waals surface area contributed by atoms with Crippen molar-refractivity contribution in [3.8, 4) is 0 Å². The van der Waals surface area contributed by atoms with Crippen LogP contribution in [-0.2, 0) is 11.2 Å². The third-order valence-electron chi connectivity index (χ3n) is 4.95. The number of carbonyl (C=O) groups excluding carboxylic acids is 1. The number of rotatable bonds is 4. The first-order valence-electron chi connectivity index (χ1n) is 8.89. The van der Waals surface area contributed by atoms with Gasteiger partial charge in [-0.25, -0.2) is 0 Å². The number of anilines is 2. The Labute approximate surface area is 149 Å². The highest BCUT2D eigenvalue weighted by Gasteiger charge is 2.36. The van der Waals surface area contributed by atoms with Crippen LogP contribution in [0.2, 0.25) is 0 Å². The number of fused-ring (bicyclic) bond motifs is 1. The van der Waals surface area contributed by atoms with Crippen molar-refractivity contribution in [3.63, 3.8) is 0 Å². The second-order valence-corrected chi connectivity index (χ2v) is 8.01. The van der Waals surface area contributed by atoms with E-state index in [1.165, 1.54) is 0 Å². The Kier molecular flexibility index (Phi) is 5.11. The zero-order valence-corrected chi connectivity index (χ0v) is 16.3. The van der Waals surface area contributed by atoms with Crippen molar-refractivity contribution in [2.24, 2.45) is 5.41 Å². The van der Waals surface area contributed by atoms with Crippen LogP contribution in [0.3, 0.4) is 0 Å². The molecule has 0 fully saturated rings. The molecule has 0 aromatic heterocycles. The van der Waals surface area contributed by atoms with Crippen LogP contribution in [0.15, 0.2) is 0 Å². The lowest BCUT2D eigenvalue weighted by Crippen LogP contribution is -2.32. The van der Waals surface area contributed by atoms with Gasteiger partial charge in [-0.1, -0.05) is 27.7 Å². The summed E-state index contributed by atoms with van der Waals surface area (Å²) in [6.07, 6.45) is 1.74. The molecule has 6 heteroatoms. The average molecular weight is 347 g/mol. The first kappa shape index (κ1) is 19.2. The number of amides is 1. The normalized spacial score (nSPS) is 16.8. The number of hydrogen-bond acceptors (Lipinski definition) is 4. The van der Waals surface area contributed by atoms with Gasteiger partial charge in [0.2, 0.25) is 5.91 Å². The predicted octanol–water partition coefficient (Wildman–Crippen LogP) is 4.36. The molecule has 1 aromatic carbocycles. The zero-order valence-electron chi connectivity index (χ0n) is 16.3. The zero-order chi connectivity index (χ0) is 19.1. The van der Waals surface area contributed by atoms with E-state index in [4.69, 9.17) is 0 Å². The first-order chi connectivity index (χ1) is 11.5. The average Bonchev–Trinajstić information content (AvgIpc) is 2.80. The van der Waals surface area contributed by atoms with Crippen LogP contribution >= 0.6 is 0 Å². The number of hydrogen-bond donors (Lipinski definition) is 1. The Hall–Kier alpha value is -2.11. The molecule has 0 spiro atoms. The maximum atomic E-state index is 12.6. The molecular formula is C19H29N3O3. The molecular weight excluding hydrogens is 318 g/mol. The molecule has 2 rings (SSSR count). The van der Waals surface area contributed by atoms with E-state index in [0.29, 0.717) is 11.3 Å². The van der Waals surface area contributed by atoms with Crippen LogP contribution in [0.25, 0.3) is 0 Å². The van der Waals surface area contributed by atoms with E-state index in [1.807, 2.05) is 27.7 Å². The summed E-state index contributed by atoms with van der Waals surface area (Å²) in [5.41, 5.74) is 3.36. The monoisotopic (exact) mass is 347 g/mol. The van der Waals surface area contributed by atoms with Gasteiger partial charge in [-0.05, 0) is 39.2 Å². The van der Waals surface area contributed by atoms with Gasteiger partial charge in [0.15, 0.2) is 0 Å². The van der Waals surface area contributed by atoms with Gasteiger partial charge in [0.25, 0.3) is 5.69 Å². The van der Waals surface area contributed by atoms with Gasteiger partial charge in [0, 0.05) is 23.6 Å². The fourth-order valence-corrected chi connectivity index (χ4v) is 3.54. The molecule has 25 heavy (non-hydrogen) atoms. The fraction of sp³-hybridized carbons (Fsp3) is 0.632. The lowest BCUT2D eigenvalue weighted by Gasteiger charge is -2.28. The standard InChI is InChI=1S/C19H29N3O3/c1-8-9-21-11(2)10-14-12(3)16(22(24)25)13(4)15(17(14)21)20-18(23)19(5,6)7/h11H,8-10H2,1-7H3,(H,20,23). The SMILES string of the molecule is CCCN1c2c(c(C)c([N+](=O)[O-])c(C)c2NC(=O)C(C)(C)C)CC1C. The predicted molar refractivity (Wildman–Crippen MR) is 101 cm³/mol. The maximum Gasteiger partial charge on any atom is 0.277 e. The molecule has 0 saturated carbocycles. The Morgan fingerprint density at radius 3 is 2.40 bits per heavy atom. The van der Waals surface area contributed by atoms with Crippen molar-refractivity contribution in [2.45, 2.75) is 67.3 Å². The smallest absolute Gasteiger partial charge is 0.277 e. The minimum absolute atomic E-state index is 0.119. The van der Waals surface area contributed by atoms with Crippen molar-refractivity contribution < 1.29 is 9.72 Å². The molecule has 1 unspecified atom stereocenters. The van der Waals surface area contributed by atoms with E-state index in [2.05, 4.69) is 24.1 Å². The highest BCUT2D eigenvalue weighted by atomic mass is 16.6. The van der Waals surface area contributed by atoms with Gasteiger partial charge in [-0.2, -0.15) is 0 Å². The number of nitro groups is 1. The quantitative estimate of drug-likeness (QED) is 0.649. The first-order valence-corrected chi connectivity index (χ1v) is 8.89. The summed E-state index contributed by atoms with van der Waals surface area (Å²) in [4.78, 5) is 26.2. The molecule has 1 atom stereocenters. The Morgan fingerprint density at radius 1 is 1.32 bits per heavy atom. The third kappa shape index (κ3) is 3.34. The summed E-state index contributed by atoms with van der Waals surface area (Å²) in [5, 5.41) is 14.6. The number of benzene rings is 1. The lowest BCUT2D eigenvalue weighted by atomic mass is 9.93. The summed E-state index contributed by atoms with van der Waals surface area (Å²) in [7, 11) is 0. The van der Waals surface area contributed by atoms with Crippen LogP contribution in [0, 0.1) is 29.4 Å². The molecule has 0 radical (unpaired) electrons. The summed E-state index contributed by atoms with van der Waals surface area (Å²) in [6.45, 7) is 14.2. The van der Waals surface area contributed by atoms with E-state index in [1.54, 1.807) is 6.92 Å². The fourth-order valence-electron chi connectivity index (χ4n) is 3.54. The van der Waals surface area contributed by atoms with Gasteiger partial charge in [-0.15, -0.1) is 0 Å². The number of nitrogens with zero attached hydrogens (tertiary/aromatic N) is 2. The summed E-state index contributed by atoms with van der Waals surface area (Å²) in [5.74, 6) is -0.132. The van der Waals surface area contributed by atoms with Gasteiger partial charge in [0.05, 0.1) is 21.9 Å². The van der Waals surface area contributed by atoms with Gasteiger partial charge >= 0.3 is 0 Å². The Bertz CT molecular complexity index is 720. The highest BCUT2D eigenvalue weighted by molar-refractivity contribution is 6.00. The third-order valence-corrected chi connectivity index (χ3v) is 4.95. The minimum atomic E-state index is -0.571. The number of carbonyl (C=O) groups is 1. The summed E-state index contributed by atoms with van der Waals surface area (Å²) in [6, 6.07) is 0.264. The second-order valence-electron chi connectivity index (χ2n) is 8.01. The topological polar surface area (TPSA) is 75.5 Å². The van der Waals surface area contributed by atoms with Crippen molar-refractivity contribution in [3.05, 3.63) is 26.8 Å². The van der Waals surface area contributed by atoms with Crippen molar-refractivity contribution >= 4 is 23.0 Å². The Balaban J connectivity index is 2.72.